The Bertz CT molecular complexity index is 1730. The van der Waals surface area contributed by atoms with Gasteiger partial charge in [-0.15, -0.1) is 0 Å². The third-order valence-corrected chi connectivity index (χ3v) is 7.15. The minimum absolute atomic E-state index is 0.297. The van der Waals surface area contributed by atoms with Gasteiger partial charge in [0, 0.05) is 23.4 Å². The largest absolute Gasteiger partial charge is 0.478 e. The van der Waals surface area contributed by atoms with Gasteiger partial charge in [-0.25, -0.2) is 9.59 Å². The molecule has 0 atom stereocenters. The van der Waals surface area contributed by atoms with Gasteiger partial charge in [0.15, 0.2) is 0 Å². The van der Waals surface area contributed by atoms with Gasteiger partial charge in [-0.3, -0.25) is 0 Å². The lowest BCUT2D eigenvalue weighted by Gasteiger charge is -2.11. The highest BCUT2D eigenvalue weighted by atomic mass is 16.4. The predicted molar refractivity (Wildman–Crippen MR) is 152 cm³/mol. The van der Waals surface area contributed by atoms with Crippen molar-refractivity contribution in [2.75, 3.05) is 0 Å². The van der Waals surface area contributed by atoms with E-state index in [1.807, 2.05) is 12.1 Å². The van der Waals surface area contributed by atoms with E-state index in [1.165, 1.54) is 0 Å². The van der Waals surface area contributed by atoms with Crippen molar-refractivity contribution >= 4 is 33.7 Å². The fourth-order valence-corrected chi connectivity index (χ4v) is 5.19. The predicted octanol–water partition coefficient (Wildman–Crippen LogP) is 6.68. The third-order valence-electron chi connectivity index (χ3n) is 7.15. The highest BCUT2D eigenvalue weighted by molar-refractivity contribution is 5.88. The first-order valence-corrected chi connectivity index (χ1v) is 12.7. The summed E-state index contributed by atoms with van der Waals surface area (Å²) in [6.07, 6.45) is 5.49. The average Bonchev–Trinajstić information content (AvgIpc) is 3.52. The lowest BCUT2D eigenvalue weighted by atomic mass is 10.0. The first kappa shape index (κ1) is 24.2. The number of benzene rings is 4. The van der Waals surface area contributed by atoms with E-state index in [2.05, 4.69) is 70.1 Å². The molecule has 0 saturated carbocycles. The molecule has 0 bridgehead atoms. The van der Waals surface area contributed by atoms with Gasteiger partial charge in [0.25, 0.3) is 0 Å². The normalized spacial score (nSPS) is 11.3. The maximum Gasteiger partial charge on any atom is 0.335 e. The molecule has 0 spiro atoms. The van der Waals surface area contributed by atoms with Crippen LogP contribution in [0.5, 0.6) is 0 Å². The molecule has 2 heterocycles. The Morgan fingerprint density at radius 3 is 1.41 bits per heavy atom. The van der Waals surface area contributed by atoms with Crippen LogP contribution in [0.15, 0.2) is 109 Å². The summed E-state index contributed by atoms with van der Waals surface area (Å²) < 4.78 is 4.43. The van der Waals surface area contributed by atoms with Crippen LogP contribution in [0.2, 0.25) is 0 Å². The molecule has 6 rings (SSSR count). The summed E-state index contributed by atoms with van der Waals surface area (Å²) in [5.74, 6) is -1.84. The zero-order valence-electron chi connectivity index (χ0n) is 21.1. The quantitative estimate of drug-likeness (QED) is 0.237. The second-order valence-electron chi connectivity index (χ2n) is 9.86. The van der Waals surface area contributed by atoms with Gasteiger partial charge in [-0.1, -0.05) is 48.5 Å². The van der Waals surface area contributed by atoms with Crippen LogP contribution in [0.4, 0.5) is 0 Å². The van der Waals surface area contributed by atoms with Crippen LogP contribution >= 0.6 is 0 Å². The van der Waals surface area contributed by atoms with E-state index in [0.29, 0.717) is 30.6 Å². The SMILES string of the molecule is O=C(O)c1cccc(Cc2ccc3ccn(Cn4ccc5ccc(Cc6cccc(C(=O)O)c6)cc54)c3c2)c1. The summed E-state index contributed by atoms with van der Waals surface area (Å²) in [6.45, 7) is 0.642. The van der Waals surface area contributed by atoms with Gasteiger partial charge >= 0.3 is 11.9 Å². The van der Waals surface area contributed by atoms with Crippen LogP contribution < -0.4 is 0 Å². The maximum atomic E-state index is 11.4. The van der Waals surface area contributed by atoms with Crippen molar-refractivity contribution in [1.82, 2.24) is 9.13 Å². The van der Waals surface area contributed by atoms with Crippen molar-refractivity contribution in [2.24, 2.45) is 0 Å². The third kappa shape index (κ3) is 5.05. The molecule has 0 unspecified atom stereocenters. The number of carboxylic acids is 2. The summed E-state index contributed by atoms with van der Waals surface area (Å²) >= 11 is 0. The van der Waals surface area contributed by atoms with E-state index in [0.717, 1.165) is 44.1 Å². The molecule has 2 aromatic heterocycles. The first-order chi connectivity index (χ1) is 18.9. The van der Waals surface area contributed by atoms with Crippen LogP contribution in [0.1, 0.15) is 43.0 Å². The molecule has 0 aliphatic heterocycles. The van der Waals surface area contributed by atoms with E-state index in [-0.39, 0.29) is 0 Å². The van der Waals surface area contributed by atoms with E-state index >= 15 is 0 Å². The molecular formula is C33H26N2O4. The number of nitrogens with zero attached hydrogens (tertiary/aromatic N) is 2. The average molecular weight is 515 g/mol. The second-order valence-corrected chi connectivity index (χ2v) is 9.86. The van der Waals surface area contributed by atoms with Crippen LogP contribution in [-0.4, -0.2) is 31.3 Å². The monoisotopic (exact) mass is 514 g/mol. The van der Waals surface area contributed by atoms with Gasteiger partial charge in [0.2, 0.25) is 0 Å². The molecule has 4 aromatic carbocycles. The van der Waals surface area contributed by atoms with Crippen molar-refractivity contribution in [1.29, 1.82) is 0 Å². The van der Waals surface area contributed by atoms with Crippen LogP contribution in [0, 0.1) is 0 Å². The van der Waals surface area contributed by atoms with Gasteiger partial charge in [0.1, 0.15) is 0 Å². The summed E-state index contributed by atoms with van der Waals surface area (Å²) in [5.41, 5.74) is 6.99. The summed E-state index contributed by atoms with van der Waals surface area (Å²) in [4.78, 5) is 22.7. The molecular weight excluding hydrogens is 488 g/mol. The number of aromatic nitrogens is 2. The Hall–Kier alpha value is -5.10. The van der Waals surface area contributed by atoms with Gasteiger partial charge < -0.3 is 19.3 Å². The van der Waals surface area contributed by atoms with E-state index < -0.39 is 11.9 Å². The van der Waals surface area contributed by atoms with E-state index in [4.69, 9.17) is 0 Å². The topological polar surface area (TPSA) is 84.5 Å². The lowest BCUT2D eigenvalue weighted by molar-refractivity contribution is 0.0686. The highest BCUT2D eigenvalue weighted by Crippen LogP contribution is 2.24. The van der Waals surface area contributed by atoms with Gasteiger partial charge in [0.05, 0.1) is 17.8 Å². The smallest absolute Gasteiger partial charge is 0.335 e. The van der Waals surface area contributed by atoms with Gasteiger partial charge in [-0.2, -0.15) is 0 Å². The van der Waals surface area contributed by atoms with Crippen molar-refractivity contribution in [3.05, 3.63) is 143 Å². The number of hydrogen-bond donors (Lipinski definition) is 2. The lowest BCUT2D eigenvalue weighted by Crippen LogP contribution is -2.06. The Morgan fingerprint density at radius 2 is 0.974 bits per heavy atom. The minimum atomic E-state index is -0.919. The number of rotatable bonds is 8. The number of carbonyl (C=O) groups is 2. The van der Waals surface area contributed by atoms with Crippen molar-refractivity contribution in [3.63, 3.8) is 0 Å². The zero-order valence-corrected chi connectivity index (χ0v) is 21.1. The van der Waals surface area contributed by atoms with Crippen LogP contribution in [0.3, 0.4) is 0 Å². The number of hydrogen-bond acceptors (Lipinski definition) is 2. The molecule has 39 heavy (non-hydrogen) atoms. The molecule has 6 nitrogen and oxygen atoms in total. The molecule has 6 aromatic rings. The summed E-state index contributed by atoms with van der Waals surface area (Å²) in [5, 5.41) is 20.9. The van der Waals surface area contributed by atoms with Crippen LogP contribution in [-0.2, 0) is 19.5 Å². The van der Waals surface area contributed by atoms with Crippen LogP contribution in [0.25, 0.3) is 21.8 Å². The molecule has 0 saturated heterocycles. The summed E-state index contributed by atoms with van der Waals surface area (Å²) in [6, 6.07) is 31.1. The Morgan fingerprint density at radius 1 is 0.538 bits per heavy atom. The van der Waals surface area contributed by atoms with E-state index in [9.17, 15) is 19.8 Å². The second kappa shape index (κ2) is 9.99. The van der Waals surface area contributed by atoms with Crippen molar-refractivity contribution < 1.29 is 19.8 Å². The highest BCUT2D eigenvalue weighted by Gasteiger charge is 2.10. The molecule has 0 fully saturated rings. The fraction of sp³-hybridized carbons (Fsp3) is 0.0909. The number of fused-ring (bicyclic) bond motifs is 2. The fourth-order valence-electron chi connectivity index (χ4n) is 5.19. The summed E-state index contributed by atoms with van der Waals surface area (Å²) in [7, 11) is 0. The molecule has 2 N–H and O–H groups in total. The standard InChI is InChI=1S/C33H26N2O4/c36-32(37)28-5-1-3-22(17-28)15-24-7-9-26-11-13-34(30(26)19-24)21-35-14-12-27-10-8-25(20-31(27)35)16-23-4-2-6-29(18-23)33(38)39/h1-14,17-20H,15-16,21H2,(H,36,37)(H,38,39). The molecule has 6 heteroatoms. The molecule has 0 aliphatic rings. The maximum absolute atomic E-state index is 11.4. The Balaban J connectivity index is 1.27. The number of aromatic carboxylic acids is 2. The molecule has 0 radical (unpaired) electrons. The molecule has 0 aliphatic carbocycles. The molecule has 192 valence electrons. The van der Waals surface area contributed by atoms with E-state index in [1.54, 1.807) is 36.4 Å². The van der Waals surface area contributed by atoms with Crippen molar-refractivity contribution in [2.45, 2.75) is 19.5 Å². The van der Waals surface area contributed by atoms with Crippen molar-refractivity contribution in [3.8, 4) is 0 Å². The Kier molecular flexibility index (Phi) is 6.21. The Labute approximate surface area is 225 Å². The minimum Gasteiger partial charge on any atom is -0.478 e. The number of carboxylic acid groups (broad SMARTS) is 2. The zero-order chi connectivity index (χ0) is 26.9. The van der Waals surface area contributed by atoms with Gasteiger partial charge in [-0.05, 0) is 94.4 Å². The first-order valence-electron chi connectivity index (χ1n) is 12.7. The molecule has 0 amide bonds.